The normalized spacial score (nSPS) is 11.2. The van der Waals surface area contributed by atoms with Crippen LogP contribution < -0.4 is 16.4 Å². The number of pyridine rings is 1. The number of urea groups is 1. The van der Waals surface area contributed by atoms with E-state index in [-0.39, 0.29) is 6.03 Å². The van der Waals surface area contributed by atoms with Crippen LogP contribution in [-0.4, -0.2) is 27.1 Å². The van der Waals surface area contributed by atoms with Crippen LogP contribution >= 0.6 is 0 Å². The number of benzene rings is 2. The summed E-state index contributed by atoms with van der Waals surface area (Å²) < 4.78 is 2.19. The summed E-state index contributed by atoms with van der Waals surface area (Å²) in [6, 6.07) is 15.9. The van der Waals surface area contributed by atoms with Gasteiger partial charge in [0.2, 0.25) is 0 Å². The fourth-order valence-corrected chi connectivity index (χ4v) is 4.02. The third-order valence-electron chi connectivity index (χ3n) is 5.60. The SMILES string of the molecule is CCCCc1nc2c(N)nc3ccccc3c2n1CCNC(=O)NCc1cccc(C)c1. The molecular weight excluding hydrogens is 400 g/mol. The Bertz CT molecular complexity index is 1250. The van der Waals surface area contributed by atoms with Gasteiger partial charge in [-0.05, 0) is 25.0 Å². The number of unbranched alkanes of at least 4 members (excludes halogenated alkanes) is 1. The van der Waals surface area contributed by atoms with Crippen LogP contribution in [0.4, 0.5) is 10.6 Å². The van der Waals surface area contributed by atoms with Gasteiger partial charge in [0, 0.05) is 31.4 Å². The number of aryl methyl sites for hydroxylation is 2. The molecule has 2 amide bonds. The Balaban J connectivity index is 1.51. The number of imidazole rings is 1. The van der Waals surface area contributed by atoms with Crippen molar-refractivity contribution in [1.82, 2.24) is 25.2 Å². The maximum absolute atomic E-state index is 12.3. The number of nitrogens with zero attached hydrogens (tertiary/aromatic N) is 3. The highest BCUT2D eigenvalue weighted by Crippen LogP contribution is 2.29. The Morgan fingerprint density at radius 2 is 1.94 bits per heavy atom. The van der Waals surface area contributed by atoms with Crippen LogP contribution in [0.3, 0.4) is 0 Å². The number of rotatable bonds is 8. The summed E-state index contributed by atoms with van der Waals surface area (Å²) in [7, 11) is 0. The van der Waals surface area contributed by atoms with E-state index in [0.717, 1.165) is 52.6 Å². The van der Waals surface area contributed by atoms with Gasteiger partial charge in [-0.15, -0.1) is 0 Å². The van der Waals surface area contributed by atoms with Crippen LogP contribution in [-0.2, 0) is 19.5 Å². The first-order valence-corrected chi connectivity index (χ1v) is 11.2. The van der Waals surface area contributed by atoms with Crippen molar-refractivity contribution in [2.24, 2.45) is 0 Å². The van der Waals surface area contributed by atoms with E-state index in [1.165, 1.54) is 5.56 Å². The fourth-order valence-electron chi connectivity index (χ4n) is 4.02. The van der Waals surface area contributed by atoms with Gasteiger partial charge in [0.25, 0.3) is 0 Å². The van der Waals surface area contributed by atoms with Gasteiger partial charge in [-0.3, -0.25) is 0 Å². The number of nitrogen functional groups attached to an aromatic ring is 1. The predicted octanol–water partition coefficient (Wildman–Crippen LogP) is 4.32. The molecule has 2 aromatic carbocycles. The molecule has 4 rings (SSSR count). The van der Waals surface area contributed by atoms with Gasteiger partial charge in [-0.25, -0.2) is 14.8 Å². The van der Waals surface area contributed by atoms with E-state index in [1.54, 1.807) is 0 Å². The lowest BCUT2D eigenvalue weighted by atomic mass is 10.1. The van der Waals surface area contributed by atoms with Crippen LogP contribution in [0.25, 0.3) is 21.9 Å². The minimum absolute atomic E-state index is 0.183. The van der Waals surface area contributed by atoms with Crippen molar-refractivity contribution in [2.45, 2.75) is 46.2 Å². The molecule has 4 aromatic rings. The monoisotopic (exact) mass is 430 g/mol. The lowest BCUT2D eigenvalue weighted by Crippen LogP contribution is -2.37. The number of para-hydroxylation sites is 1. The smallest absolute Gasteiger partial charge is 0.315 e. The molecule has 0 atom stereocenters. The molecule has 32 heavy (non-hydrogen) atoms. The molecule has 7 heteroatoms. The second kappa shape index (κ2) is 9.68. The lowest BCUT2D eigenvalue weighted by Gasteiger charge is -2.12. The van der Waals surface area contributed by atoms with Crippen molar-refractivity contribution in [3.8, 4) is 0 Å². The van der Waals surface area contributed by atoms with Crippen LogP contribution in [0, 0.1) is 6.92 Å². The Kier molecular flexibility index (Phi) is 6.54. The topological polar surface area (TPSA) is 97.9 Å². The first-order chi connectivity index (χ1) is 15.6. The number of aromatic nitrogens is 3. The van der Waals surface area contributed by atoms with Crippen LogP contribution in [0.1, 0.15) is 36.7 Å². The van der Waals surface area contributed by atoms with E-state index in [4.69, 9.17) is 10.7 Å². The average Bonchev–Trinajstić information content (AvgIpc) is 3.16. The number of carbonyl (C=O) groups is 1. The zero-order valence-corrected chi connectivity index (χ0v) is 18.7. The van der Waals surface area contributed by atoms with Gasteiger partial charge in [-0.1, -0.05) is 61.4 Å². The van der Waals surface area contributed by atoms with Gasteiger partial charge >= 0.3 is 6.03 Å². The van der Waals surface area contributed by atoms with Crippen LogP contribution in [0.2, 0.25) is 0 Å². The number of hydrogen-bond donors (Lipinski definition) is 3. The number of carbonyl (C=O) groups excluding carboxylic acids is 1. The molecule has 0 aliphatic rings. The molecule has 7 nitrogen and oxygen atoms in total. The Hall–Kier alpha value is -3.61. The fraction of sp³-hybridized carbons (Fsp3) is 0.320. The average molecular weight is 431 g/mol. The highest BCUT2D eigenvalue weighted by molar-refractivity contribution is 6.06. The zero-order chi connectivity index (χ0) is 22.5. The highest BCUT2D eigenvalue weighted by atomic mass is 16.2. The number of anilines is 1. The van der Waals surface area contributed by atoms with E-state index in [2.05, 4.69) is 33.2 Å². The summed E-state index contributed by atoms with van der Waals surface area (Å²) in [5, 5.41) is 6.92. The van der Waals surface area contributed by atoms with Crippen molar-refractivity contribution >= 4 is 33.8 Å². The summed E-state index contributed by atoms with van der Waals surface area (Å²) >= 11 is 0. The van der Waals surface area contributed by atoms with E-state index in [1.807, 2.05) is 49.4 Å². The van der Waals surface area contributed by atoms with Crippen molar-refractivity contribution < 1.29 is 4.79 Å². The molecule has 0 spiro atoms. The molecular formula is C25H30N6O. The standard InChI is InChI=1S/C25H30N6O/c1-3-4-12-21-30-22-23(19-10-5-6-11-20(19)29-24(22)26)31(21)14-13-27-25(32)28-16-18-9-7-8-17(2)15-18/h5-11,15H,3-4,12-14,16H2,1-2H3,(H2,26,29)(H2,27,28,32). The largest absolute Gasteiger partial charge is 0.382 e. The lowest BCUT2D eigenvalue weighted by molar-refractivity contribution is 0.240. The van der Waals surface area contributed by atoms with Crippen molar-refractivity contribution in [3.05, 3.63) is 65.5 Å². The molecule has 0 aliphatic heterocycles. The predicted molar refractivity (Wildman–Crippen MR) is 129 cm³/mol. The molecule has 0 unspecified atom stereocenters. The molecule has 0 bridgehead atoms. The number of nitrogens with two attached hydrogens (primary N) is 1. The van der Waals surface area contributed by atoms with Crippen molar-refractivity contribution in [3.63, 3.8) is 0 Å². The van der Waals surface area contributed by atoms with E-state index in [0.29, 0.717) is 25.5 Å². The van der Waals surface area contributed by atoms with E-state index < -0.39 is 0 Å². The number of nitrogens with one attached hydrogen (secondary N) is 2. The third-order valence-corrected chi connectivity index (χ3v) is 5.60. The van der Waals surface area contributed by atoms with Crippen molar-refractivity contribution in [1.29, 1.82) is 0 Å². The summed E-state index contributed by atoms with van der Waals surface area (Å²) in [5.74, 6) is 1.42. The van der Waals surface area contributed by atoms with Crippen LogP contribution in [0.5, 0.6) is 0 Å². The maximum atomic E-state index is 12.3. The number of amides is 2. The summed E-state index contributed by atoms with van der Waals surface area (Å²) in [5.41, 5.74) is 11.1. The molecule has 4 N–H and O–H groups in total. The quantitative estimate of drug-likeness (QED) is 0.388. The number of hydrogen-bond acceptors (Lipinski definition) is 4. The Morgan fingerprint density at radius 1 is 1.09 bits per heavy atom. The second-order valence-corrected chi connectivity index (χ2v) is 8.09. The summed E-state index contributed by atoms with van der Waals surface area (Å²) in [6.45, 7) is 5.80. The van der Waals surface area contributed by atoms with Gasteiger partial charge in [-0.2, -0.15) is 0 Å². The minimum atomic E-state index is -0.183. The second-order valence-electron chi connectivity index (χ2n) is 8.09. The molecule has 0 radical (unpaired) electrons. The molecule has 0 saturated carbocycles. The number of fused-ring (bicyclic) bond motifs is 3. The van der Waals surface area contributed by atoms with Gasteiger partial charge in [0.15, 0.2) is 5.82 Å². The molecule has 0 saturated heterocycles. The summed E-state index contributed by atoms with van der Waals surface area (Å²) in [4.78, 5) is 21.7. The Morgan fingerprint density at radius 3 is 2.75 bits per heavy atom. The van der Waals surface area contributed by atoms with Crippen LogP contribution in [0.15, 0.2) is 48.5 Å². The summed E-state index contributed by atoms with van der Waals surface area (Å²) in [6.07, 6.45) is 2.98. The maximum Gasteiger partial charge on any atom is 0.315 e. The molecule has 0 fully saturated rings. The Labute approximate surface area is 188 Å². The zero-order valence-electron chi connectivity index (χ0n) is 18.7. The molecule has 166 valence electrons. The first kappa shape index (κ1) is 21.6. The first-order valence-electron chi connectivity index (χ1n) is 11.2. The van der Waals surface area contributed by atoms with Gasteiger partial charge in [0.05, 0.1) is 11.0 Å². The molecule has 2 heterocycles. The van der Waals surface area contributed by atoms with Gasteiger partial charge < -0.3 is 20.9 Å². The van der Waals surface area contributed by atoms with Gasteiger partial charge in [0.1, 0.15) is 11.3 Å². The molecule has 2 aromatic heterocycles. The van der Waals surface area contributed by atoms with Crippen molar-refractivity contribution in [2.75, 3.05) is 12.3 Å². The highest BCUT2D eigenvalue weighted by Gasteiger charge is 2.17. The third kappa shape index (κ3) is 4.66. The van der Waals surface area contributed by atoms with E-state index >= 15 is 0 Å². The van der Waals surface area contributed by atoms with E-state index in [9.17, 15) is 4.79 Å². The minimum Gasteiger partial charge on any atom is -0.382 e. The molecule has 0 aliphatic carbocycles.